The molecule has 1 aliphatic carbocycles. The van der Waals surface area contributed by atoms with Crippen LogP contribution in [0.2, 0.25) is 5.02 Å². The molecule has 0 unspecified atom stereocenters. The van der Waals surface area contributed by atoms with E-state index in [2.05, 4.69) is 53.4 Å². The van der Waals surface area contributed by atoms with Gasteiger partial charge in [-0.2, -0.15) is 0 Å². The predicted octanol–water partition coefficient (Wildman–Crippen LogP) is 6.28. The van der Waals surface area contributed by atoms with E-state index in [1.54, 1.807) is 0 Å². The van der Waals surface area contributed by atoms with Gasteiger partial charge in [-0.3, -0.25) is 0 Å². The summed E-state index contributed by atoms with van der Waals surface area (Å²) in [6.07, 6.45) is 8.78. The lowest BCUT2D eigenvalue weighted by atomic mass is 9.68. The van der Waals surface area contributed by atoms with E-state index >= 15 is 0 Å². The van der Waals surface area contributed by atoms with Crippen molar-refractivity contribution in [3.8, 4) is 0 Å². The molecule has 5 heteroatoms. The van der Waals surface area contributed by atoms with E-state index in [1.807, 2.05) is 6.07 Å². The van der Waals surface area contributed by atoms with Crippen molar-refractivity contribution >= 4 is 36.4 Å². The number of nitrogens with two attached hydrogens (primary N) is 1. The van der Waals surface area contributed by atoms with Gasteiger partial charge in [0, 0.05) is 23.0 Å². The fraction of sp³-hybridized carbons (Fsp3) is 0.520. The third-order valence-electron chi connectivity index (χ3n) is 7.27. The molecule has 0 bridgehead atoms. The van der Waals surface area contributed by atoms with E-state index in [0.29, 0.717) is 0 Å². The number of rotatable bonds is 5. The van der Waals surface area contributed by atoms with E-state index in [4.69, 9.17) is 17.3 Å². The van der Waals surface area contributed by atoms with Crippen LogP contribution in [0.3, 0.4) is 0 Å². The molecular weight excluding hydrogens is 435 g/mol. The Kier molecular flexibility index (Phi) is 9.97. The van der Waals surface area contributed by atoms with Gasteiger partial charge in [-0.25, -0.2) is 0 Å². The Morgan fingerprint density at radius 3 is 2.17 bits per heavy atom. The molecule has 2 N–H and O–H groups in total. The first-order valence-electron chi connectivity index (χ1n) is 10.9. The van der Waals surface area contributed by atoms with Gasteiger partial charge in [0.1, 0.15) is 0 Å². The quantitative estimate of drug-likeness (QED) is 0.558. The summed E-state index contributed by atoms with van der Waals surface area (Å²) in [6, 6.07) is 20.1. The first-order chi connectivity index (χ1) is 13.7. The third kappa shape index (κ3) is 5.93. The van der Waals surface area contributed by atoms with Crippen molar-refractivity contribution in [3.63, 3.8) is 0 Å². The minimum Gasteiger partial charge on any atom is -0.330 e. The molecule has 1 aliphatic heterocycles. The van der Waals surface area contributed by atoms with E-state index in [0.717, 1.165) is 23.5 Å². The highest BCUT2D eigenvalue weighted by Crippen LogP contribution is 2.41. The zero-order chi connectivity index (χ0) is 19.4. The van der Waals surface area contributed by atoms with E-state index in [1.165, 1.54) is 69.2 Å². The maximum Gasteiger partial charge on any atom is 0.0408 e. The Balaban J connectivity index is 0.00000160. The molecule has 2 fully saturated rings. The average Bonchev–Trinajstić information content (AvgIpc) is 2.75. The monoisotopic (exact) mass is 468 g/mol. The molecule has 0 spiro atoms. The minimum atomic E-state index is 0. The van der Waals surface area contributed by atoms with Crippen molar-refractivity contribution in [2.24, 2.45) is 11.7 Å². The number of nitrogens with zero attached hydrogens (tertiary/aromatic N) is 1. The molecule has 1 heterocycles. The predicted molar refractivity (Wildman–Crippen MR) is 133 cm³/mol. The number of hydrogen-bond acceptors (Lipinski definition) is 2. The molecule has 0 radical (unpaired) electrons. The second-order valence-corrected chi connectivity index (χ2v) is 9.33. The molecule has 2 nitrogen and oxygen atoms in total. The van der Waals surface area contributed by atoms with Crippen LogP contribution in [0.25, 0.3) is 0 Å². The van der Waals surface area contributed by atoms with Crippen LogP contribution < -0.4 is 5.73 Å². The van der Waals surface area contributed by atoms with Gasteiger partial charge in [0.05, 0.1) is 0 Å². The molecule has 1 saturated carbocycles. The van der Waals surface area contributed by atoms with Gasteiger partial charge in [0.25, 0.3) is 0 Å². The van der Waals surface area contributed by atoms with Crippen LogP contribution in [0.5, 0.6) is 0 Å². The highest BCUT2D eigenvalue weighted by molar-refractivity contribution is 6.30. The molecule has 0 atom stereocenters. The fourth-order valence-electron chi connectivity index (χ4n) is 5.42. The van der Waals surface area contributed by atoms with E-state index < -0.39 is 0 Å². The Morgan fingerprint density at radius 2 is 1.57 bits per heavy atom. The van der Waals surface area contributed by atoms with Crippen molar-refractivity contribution < 1.29 is 0 Å². The van der Waals surface area contributed by atoms with Crippen LogP contribution in [0.15, 0.2) is 54.6 Å². The molecule has 2 aromatic carbocycles. The van der Waals surface area contributed by atoms with Gasteiger partial charge >= 0.3 is 0 Å². The molecule has 4 rings (SSSR count). The van der Waals surface area contributed by atoms with Crippen molar-refractivity contribution in [1.29, 1.82) is 0 Å². The van der Waals surface area contributed by atoms with Crippen LogP contribution in [-0.4, -0.2) is 30.6 Å². The molecule has 2 aliphatic rings. The summed E-state index contributed by atoms with van der Waals surface area (Å²) >= 11 is 6.26. The molecule has 0 amide bonds. The highest BCUT2D eigenvalue weighted by atomic mass is 35.5. The zero-order valence-corrected chi connectivity index (χ0v) is 20.0. The smallest absolute Gasteiger partial charge is 0.0408 e. The average molecular weight is 470 g/mol. The lowest BCUT2D eigenvalue weighted by Crippen LogP contribution is -2.48. The van der Waals surface area contributed by atoms with Crippen LogP contribution in [-0.2, 0) is 11.8 Å². The summed E-state index contributed by atoms with van der Waals surface area (Å²) < 4.78 is 0. The van der Waals surface area contributed by atoms with E-state index in [9.17, 15) is 0 Å². The second kappa shape index (κ2) is 11.7. The SMILES string of the molecule is Cl.Cl.NC[C@]1(c2cccc(Cl)c2)CC[C@H](N2CCC(Cc3ccccc3)CC2)CC1. The fourth-order valence-corrected chi connectivity index (χ4v) is 5.61. The second-order valence-electron chi connectivity index (χ2n) is 8.90. The van der Waals surface area contributed by atoms with Crippen molar-refractivity contribution in [1.82, 2.24) is 4.90 Å². The lowest BCUT2D eigenvalue weighted by molar-refractivity contribution is 0.0875. The van der Waals surface area contributed by atoms with E-state index in [-0.39, 0.29) is 30.2 Å². The zero-order valence-electron chi connectivity index (χ0n) is 17.6. The van der Waals surface area contributed by atoms with Gasteiger partial charge in [0.15, 0.2) is 0 Å². The van der Waals surface area contributed by atoms with Crippen LogP contribution in [0, 0.1) is 5.92 Å². The lowest BCUT2D eigenvalue weighted by Gasteiger charge is -2.45. The van der Waals surface area contributed by atoms with Gasteiger partial charge in [-0.1, -0.05) is 54.1 Å². The summed E-state index contributed by atoms with van der Waals surface area (Å²) in [6.45, 7) is 3.24. The van der Waals surface area contributed by atoms with Gasteiger partial charge in [-0.05, 0) is 87.2 Å². The first-order valence-corrected chi connectivity index (χ1v) is 11.3. The summed E-state index contributed by atoms with van der Waals surface area (Å²) in [5, 5.41) is 0.827. The van der Waals surface area contributed by atoms with Gasteiger partial charge < -0.3 is 10.6 Å². The summed E-state index contributed by atoms with van der Waals surface area (Å²) in [5.74, 6) is 0.844. The maximum absolute atomic E-state index is 6.28. The van der Waals surface area contributed by atoms with Crippen LogP contribution >= 0.6 is 36.4 Å². The third-order valence-corrected chi connectivity index (χ3v) is 7.51. The summed E-state index contributed by atoms with van der Waals surface area (Å²) in [4.78, 5) is 2.76. The van der Waals surface area contributed by atoms with Crippen molar-refractivity contribution in [2.45, 2.75) is 56.4 Å². The Morgan fingerprint density at radius 1 is 0.900 bits per heavy atom. The maximum atomic E-state index is 6.28. The highest BCUT2D eigenvalue weighted by Gasteiger charge is 2.38. The molecule has 2 aromatic rings. The summed E-state index contributed by atoms with van der Waals surface area (Å²) in [7, 11) is 0. The standard InChI is InChI=1S/C25H33ClN2.2ClH/c26-23-8-4-7-22(18-23)25(19-27)13-9-24(10-14-25)28-15-11-21(12-16-28)17-20-5-2-1-3-6-20;;/h1-8,18,21,24H,9-17,19,27H2;2*1H/t24-,25-;;. The summed E-state index contributed by atoms with van der Waals surface area (Å²) in [5.41, 5.74) is 9.23. The van der Waals surface area contributed by atoms with Gasteiger partial charge in [-0.15, -0.1) is 24.8 Å². The molecule has 30 heavy (non-hydrogen) atoms. The number of halogens is 3. The first kappa shape index (κ1) is 25.5. The Bertz CT molecular complexity index is 752. The number of benzene rings is 2. The van der Waals surface area contributed by atoms with Crippen molar-refractivity contribution in [2.75, 3.05) is 19.6 Å². The van der Waals surface area contributed by atoms with Crippen molar-refractivity contribution in [3.05, 3.63) is 70.7 Å². The normalized spacial score (nSPS) is 25.2. The largest absolute Gasteiger partial charge is 0.330 e. The topological polar surface area (TPSA) is 29.3 Å². The van der Waals surface area contributed by atoms with Gasteiger partial charge in [0.2, 0.25) is 0 Å². The number of likely N-dealkylation sites (tertiary alicyclic amines) is 1. The molecular formula is C25H35Cl3N2. The Hall–Kier alpha value is -0.770. The number of piperidine rings is 1. The molecule has 1 saturated heterocycles. The van der Waals surface area contributed by atoms with Crippen LogP contribution in [0.1, 0.15) is 49.7 Å². The molecule has 0 aromatic heterocycles. The minimum absolute atomic E-state index is 0. The molecule has 166 valence electrons. The van der Waals surface area contributed by atoms with Crippen LogP contribution in [0.4, 0.5) is 0 Å². The Labute approximate surface area is 199 Å². The number of hydrogen-bond donors (Lipinski definition) is 1.